The van der Waals surface area contributed by atoms with E-state index in [9.17, 15) is 0 Å². The van der Waals surface area contributed by atoms with Crippen molar-refractivity contribution in [1.29, 1.82) is 0 Å². The third-order valence-electron chi connectivity index (χ3n) is 11.5. The van der Waals surface area contributed by atoms with Crippen LogP contribution in [0.2, 0.25) is 0 Å². The topological polar surface area (TPSA) is 45.3 Å². The van der Waals surface area contributed by atoms with Gasteiger partial charge in [-0.05, 0) is 87.9 Å². The fourth-order valence-electron chi connectivity index (χ4n) is 8.96. The summed E-state index contributed by atoms with van der Waals surface area (Å²) in [5.41, 5.74) is 13.6. The molecule has 0 saturated carbocycles. The molecule has 1 fully saturated rings. The molecular weight excluding hydrogens is 599 g/mol. The van der Waals surface area contributed by atoms with Crippen molar-refractivity contribution >= 4 is 6.08 Å². The second kappa shape index (κ2) is 12.0. The summed E-state index contributed by atoms with van der Waals surface area (Å²) in [4.78, 5) is 0. The number of benzene rings is 4. The highest BCUT2D eigenvalue weighted by Gasteiger charge is 2.37. The molecule has 4 nitrogen and oxygen atoms in total. The highest BCUT2D eigenvalue weighted by molar-refractivity contribution is 5.82. The van der Waals surface area contributed by atoms with Gasteiger partial charge in [0.15, 0.2) is 0 Å². The lowest BCUT2D eigenvalue weighted by Crippen LogP contribution is -2.67. The Bertz CT molecular complexity index is 2080. The van der Waals surface area contributed by atoms with Gasteiger partial charge in [0, 0.05) is 23.3 Å². The molecule has 4 aliphatic carbocycles. The highest BCUT2D eigenvalue weighted by atomic mass is 16.5. The monoisotopic (exact) mass is 639 g/mol. The van der Waals surface area contributed by atoms with Crippen LogP contribution in [0.4, 0.5) is 0 Å². The highest BCUT2D eigenvalue weighted by Crippen LogP contribution is 2.50. The van der Waals surface area contributed by atoms with Gasteiger partial charge in [-0.25, -0.2) is 0 Å². The first-order chi connectivity index (χ1) is 24.2. The summed E-state index contributed by atoms with van der Waals surface area (Å²) in [5, 5.41) is 11.8. The quantitative estimate of drug-likeness (QED) is 0.210. The molecule has 0 aromatic heterocycles. The summed E-state index contributed by atoms with van der Waals surface area (Å²) in [6.45, 7) is 0. The van der Waals surface area contributed by atoms with Gasteiger partial charge >= 0.3 is 0 Å². The van der Waals surface area contributed by atoms with E-state index in [2.05, 4.69) is 156 Å². The molecular formula is C45H41N3O. The molecule has 2 heterocycles. The molecule has 0 bridgehead atoms. The maximum Gasteiger partial charge on any atom is 0.128 e. The molecule has 4 heteroatoms. The number of aryl methyl sites for hydroxylation is 2. The lowest BCUT2D eigenvalue weighted by molar-refractivity contribution is 0.144. The van der Waals surface area contributed by atoms with Gasteiger partial charge in [-0.3, -0.25) is 16.0 Å². The van der Waals surface area contributed by atoms with E-state index in [1.807, 2.05) is 0 Å². The van der Waals surface area contributed by atoms with E-state index < -0.39 is 0 Å². The maximum absolute atomic E-state index is 6.38. The second-order valence-corrected chi connectivity index (χ2v) is 14.4. The summed E-state index contributed by atoms with van der Waals surface area (Å²) < 4.78 is 6.38. The van der Waals surface area contributed by atoms with E-state index in [1.165, 1.54) is 55.6 Å². The second-order valence-electron chi connectivity index (χ2n) is 14.4. The standard InChI is InChI=1S/C45H41N3O/c1-2-9-31(10-3-1)43-46-44(48-45(47-43)36-21-16-28-8-4-5-11-33(28)27-36)32-18-14-29(15-19-32)34-22-24-37-35(26-34)20-17-30-23-25-40-42(41(30)37)38-12-6-7-13-39(38)49-40/h1-9,11-16,18-19,21-26,31,36,38-39,43-48H,10,17,20,27H2. The van der Waals surface area contributed by atoms with Gasteiger partial charge in [-0.15, -0.1) is 0 Å². The summed E-state index contributed by atoms with van der Waals surface area (Å²) in [6, 6.07) is 29.6. The van der Waals surface area contributed by atoms with Gasteiger partial charge in [0.1, 0.15) is 11.9 Å². The van der Waals surface area contributed by atoms with Crippen molar-refractivity contribution < 1.29 is 4.74 Å². The first kappa shape index (κ1) is 29.2. The average molecular weight is 640 g/mol. The summed E-state index contributed by atoms with van der Waals surface area (Å²) in [7, 11) is 0. The SMILES string of the molecule is C1=CCC(C2NC(c3ccc(-c4ccc5c(c4)CCc4ccc6c(c4-5)C4C=CC=CC4O6)cc3)NC(C3C=Cc4ccccc4C3)N2)C=C1. The van der Waals surface area contributed by atoms with E-state index >= 15 is 0 Å². The maximum atomic E-state index is 6.38. The van der Waals surface area contributed by atoms with Crippen LogP contribution in [0.15, 0.2) is 134 Å². The van der Waals surface area contributed by atoms with E-state index in [0.717, 1.165) is 31.4 Å². The minimum absolute atomic E-state index is 0.0482. The third-order valence-corrected chi connectivity index (χ3v) is 11.5. The Kier molecular flexibility index (Phi) is 7.15. The van der Waals surface area contributed by atoms with Gasteiger partial charge in [-0.2, -0.15) is 0 Å². The van der Waals surface area contributed by atoms with Crippen molar-refractivity contribution in [3.05, 3.63) is 167 Å². The van der Waals surface area contributed by atoms with Crippen LogP contribution >= 0.6 is 0 Å². The van der Waals surface area contributed by atoms with E-state index in [-0.39, 0.29) is 24.6 Å². The average Bonchev–Trinajstić information content (AvgIpc) is 3.56. The fraction of sp³-hybridized carbons (Fsp3) is 0.244. The van der Waals surface area contributed by atoms with Crippen LogP contribution in [-0.2, 0) is 19.3 Å². The molecule has 49 heavy (non-hydrogen) atoms. The smallest absolute Gasteiger partial charge is 0.128 e. The number of hydrogen-bond acceptors (Lipinski definition) is 4. The fourth-order valence-corrected chi connectivity index (χ4v) is 8.96. The molecule has 4 aromatic carbocycles. The Morgan fingerprint density at radius 1 is 0.633 bits per heavy atom. The number of allylic oxidation sites excluding steroid dienone is 5. The number of fused-ring (bicyclic) bond motifs is 8. The van der Waals surface area contributed by atoms with Crippen LogP contribution in [0, 0.1) is 11.8 Å². The molecule has 242 valence electrons. The summed E-state index contributed by atoms with van der Waals surface area (Å²) in [5.74, 6) is 2.11. The van der Waals surface area contributed by atoms with Crippen LogP contribution in [0.3, 0.4) is 0 Å². The molecule has 2 aliphatic heterocycles. The zero-order chi connectivity index (χ0) is 32.3. The Morgan fingerprint density at radius 2 is 1.45 bits per heavy atom. The number of rotatable bonds is 4. The van der Waals surface area contributed by atoms with Crippen molar-refractivity contribution in [2.75, 3.05) is 0 Å². The summed E-state index contributed by atoms with van der Waals surface area (Å²) >= 11 is 0. The molecule has 6 aliphatic rings. The third kappa shape index (κ3) is 5.18. The van der Waals surface area contributed by atoms with Crippen LogP contribution in [0.25, 0.3) is 28.3 Å². The lowest BCUT2D eigenvalue weighted by Gasteiger charge is -2.44. The van der Waals surface area contributed by atoms with E-state index in [0.29, 0.717) is 17.8 Å². The van der Waals surface area contributed by atoms with Crippen LogP contribution in [0.5, 0.6) is 5.75 Å². The Labute approximate surface area is 289 Å². The minimum Gasteiger partial charge on any atom is -0.485 e. The van der Waals surface area contributed by atoms with Crippen molar-refractivity contribution in [2.45, 2.75) is 56.2 Å². The Hall–Kier alpha value is -4.74. The van der Waals surface area contributed by atoms with Gasteiger partial charge in [-0.1, -0.05) is 127 Å². The van der Waals surface area contributed by atoms with Gasteiger partial charge in [0.25, 0.3) is 0 Å². The van der Waals surface area contributed by atoms with Crippen molar-refractivity contribution in [3.8, 4) is 28.0 Å². The predicted molar refractivity (Wildman–Crippen MR) is 199 cm³/mol. The molecule has 0 radical (unpaired) electrons. The lowest BCUT2D eigenvalue weighted by atomic mass is 9.78. The molecule has 10 rings (SSSR count). The Balaban J connectivity index is 0.924. The molecule has 7 unspecified atom stereocenters. The molecule has 0 spiro atoms. The van der Waals surface area contributed by atoms with Crippen LogP contribution in [0.1, 0.15) is 51.9 Å². The summed E-state index contributed by atoms with van der Waals surface area (Å²) in [6.07, 6.45) is 27.1. The Morgan fingerprint density at radius 3 is 2.35 bits per heavy atom. The van der Waals surface area contributed by atoms with Gasteiger partial charge in [0.2, 0.25) is 0 Å². The molecule has 7 atom stereocenters. The number of hydrogen-bond donors (Lipinski definition) is 3. The largest absolute Gasteiger partial charge is 0.485 e. The first-order valence-corrected chi connectivity index (χ1v) is 18.0. The zero-order valence-corrected chi connectivity index (χ0v) is 27.6. The molecule has 0 amide bonds. The minimum atomic E-state index is 0.0482. The molecule has 4 aromatic rings. The normalized spacial score (nSPS) is 28.6. The predicted octanol–water partition coefficient (Wildman–Crippen LogP) is 8.54. The first-order valence-electron chi connectivity index (χ1n) is 18.0. The van der Waals surface area contributed by atoms with Crippen molar-refractivity contribution in [1.82, 2.24) is 16.0 Å². The zero-order valence-electron chi connectivity index (χ0n) is 27.6. The van der Waals surface area contributed by atoms with Crippen molar-refractivity contribution in [3.63, 3.8) is 0 Å². The van der Waals surface area contributed by atoms with Crippen LogP contribution in [-0.4, -0.2) is 18.4 Å². The van der Waals surface area contributed by atoms with Gasteiger partial charge in [0.05, 0.1) is 18.5 Å². The molecule has 3 N–H and O–H groups in total. The van der Waals surface area contributed by atoms with Crippen molar-refractivity contribution in [2.24, 2.45) is 11.8 Å². The molecule has 1 saturated heterocycles. The van der Waals surface area contributed by atoms with Crippen LogP contribution < -0.4 is 20.7 Å². The van der Waals surface area contributed by atoms with E-state index in [1.54, 1.807) is 0 Å². The number of nitrogens with one attached hydrogen (secondary N) is 3. The van der Waals surface area contributed by atoms with E-state index in [4.69, 9.17) is 4.74 Å². The number of ether oxygens (including phenoxy) is 1. The van der Waals surface area contributed by atoms with Gasteiger partial charge < -0.3 is 4.74 Å².